The molecule has 0 radical (unpaired) electrons. The van der Waals surface area contributed by atoms with E-state index in [0.29, 0.717) is 0 Å². The lowest BCUT2D eigenvalue weighted by molar-refractivity contribution is 1.61. The van der Waals surface area contributed by atoms with Gasteiger partial charge in [-0.2, -0.15) is 0 Å². The molecule has 0 aromatic rings. The van der Waals surface area contributed by atoms with Gasteiger partial charge in [-0.25, -0.2) is 31.6 Å². The van der Waals surface area contributed by atoms with E-state index >= 15 is 0 Å². The van der Waals surface area contributed by atoms with E-state index in [-0.39, 0.29) is 22.3 Å². The second-order valence-electron chi connectivity index (χ2n) is 12.3. The first-order valence-corrected chi connectivity index (χ1v) is 32.2. The van der Waals surface area contributed by atoms with Crippen molar-refractivity contribution in [3.05, 3.63) is 0 Å². The smallest absolute Gasteiger partial charge is 0.0750 e. The Morgan fingerprint density at radius 2 is 0.389 bits per heavy atom. The summed E-state index contributed by atoms with van der Waals surface area (Å²) in [6.45, 7) is 36.5. The summed E-state index contributed by atoms with van der Waals surface area (Å²) in [6, 6.07) is 0. The fourth-order valence-electron chi connectivity index (χ4n) is 3.87. The lowest BCUT2D eigenvalue weighted by atomic mass is 11.8. The standard InChI is InChI=1S/C8H24N4P4.C6H18N3P3.C4H11P.3CH4/c1-13(2)9-14(3,4)11-16(7,8)12-15(5,6)10-13;1-10(2)7-11(3,4)9-12(5,6)8-10;1-5(2,3)4;;;/h1-8H3;1-6H3;1H2,2-4H3;3*1H4. The lowest BCUT2D eigenvalue weighted by Gasteiger charge is -2.26. The molecule has 0 atom stereocenters. The Hall–Kier alpha value is 1.91. The number of hydrogen-bond acceptors (Lipinski definition) is 7. The van der Waals surface area contributed by atoms with Gasteiger partial charge in [-0.3, -0.25) is 0 Å². The van der Waals surface area contributed by atoms with E-state index in [1.807, 2.05) is 0 Å². The van der Waals surface area contributed by atoms with Crippen LogP contribution in [0, 0.1) is 0 Å². The number of rotatable bonds is 0. The molecule has 0 saturated carbocycles. The van der Waals surface area contributed by atoms with Crippen molar-refractivity contribution in [3.63, 3.8) is 0 Å². The Labute approximate surface area is 230 Å². The highest BCUT2D eigenvalue weighted by atomic mass is 31.3. The Kier molecular flexibility index (Phi) is 18.3. The van der Waals surface area contributed by atoms with Crippen LogP contribution in [0.2, 0.25) is 0 Å². The van der Waals surface area contributed by atoms with Crippen LogP contribution in [-0.2, 0) is 0 Å². The third-order valence-corrected chi connectivity index (χ3v) is 27.6. The summed E-state index contributed by atoms with van der Waals surface area (Å²) in [6.07, 6.45) is 3.88. The molecule has 0 spiro atoms. The minimum atomic E-state index is -1.53. The van der Waals surface area contributed by atoms with Crippen molar-refractivity contribution in [2.45, 2.75) is 22.3 Å². The van der Waals surface area contributed by atoms with Gasteiger partial charge in [0, 0.05) is 0 Å². The second-order valence-corrected chi connectivity index (χ2v) is 40.6. The zero-order chi connectivity index (χ0) is 26.9. The average molecular weight is 664 g/mol. The minimum absolute atomic E-state index is 0. The van der Waals surface area contributed by atoms with Crippen LogP contribution in [0.3, 0.4) is 0 Å². The Morgan fingerprint density at radius 1 is 0.333 bits per heavy atom. The summed E-state index contributed by atoms with van der Waals surface area (Å²) in [5.74, 6) is 0. The van der Waals surface area contributed by atoms with Gasteiger partial charge in [0.25, 0.3) is 0 Å². The molecule has 224 valence electrons. The normalized spacial score (nSPS) is 24.6. The van der Waals surface area contributed by atoms with Crippen LogP contribution in [0.25, 0.3) is 0 Å². The Balaban J connectivity index is -0.000000229. The van der Waals surface area contributed by atoms with E-state index in [4.69, 9.17) is 31.6 Å². The molecule has 0 aromatic carbocycles. The van der Waals surface area contributed by atoms with Crippen LogP contribution in [0.15, 0.2) is 31.6 Å². The van der Waals surface area contributed by atoms with E-state index in [2.05, 4.69) is 120 Å². The van der Waals surface area contributed by atoms with Crippen molar-refractivity contribution < 1.29 is 0 Å². The van der Waals surface area contributed by atoms with Crippen molar-refractivity contribution in [2.75, 3.05) is 113 Å². The largest absolute Gasteiger partial charge is 0.242 e. The van der Waals surface area contributed by atoms with Crippen molar-refractivity contribution in [1.29, 1.82) is 0 Å². The third kappa shape index (κ3) is 22.7. The van der Waals surface area contributed by atoms with Crippen LogP contribution in [0.5, 0.6) is 0 Å². The van der Waals surface area contributed by atoms with Gasteiger partial charge in [0.15, 0.2) is 0 Å². The first-order valence-electron chi connectivity index (χ1n) is 10.7. The monoisotopic (exact) mass is 663 g/mol. The molecule has 2 aliphatic rings. The first-order chi connectivity index (χ1) is 13.9. The van der Waals surface area contributed by atoms with Crippen LogP contribution in [0.1, 0.15) is 22.3 Å². The third-order valence-electron chi connectivity index (χ3n) is 3.06. The summed E-state index contributed by atoms with van der Waals surface area (Å²) in [5.41, 5.74) is 0. The molecule has 0 fully saturated rings. The van der Waals surface area contributed by atoms with E-state index in [0.717, 1.165) is 0 Å². The van der Waals surface area contributed by atoms with Crippen LogP contribution in [-0.4, -0.2) is 120 Å². The fraction of sp³-hybridized carbons (Fsp3) is 0.952. The van der Waals surface area contributed by atoms with Gasteiger partial charge in [-0.15, -0.1) is 13.2 Å². The molecular weight excluding hydrogens is 598 g/mol. The van der Waals surface area contributed by atoms with Gasteiger partial charge in [-0.1, -0.05) is 22.3 Å². The maximum absolute atomic E-state index is 4.98. The van der Waals surface area contributed by atoms with E-state index < -0.39 is 57.3 Å². The number of nitrogens with zero attached hydrogens (tertiary/aromatic N) is 7. The molecule has 0 saturated heterocycles. The minimum Gasteiger partial charge on any atom is -0.242 e. The SMILES string of the molecule is C.C.C.C=P(C)(C)C.CP1(C)=NP(C)(C)=NP(C)(C)=N1.CP1(C)=NP(C)(C)=NP(C)(C)=NP(C)(C)=N1. The highest BCUT2D eigenvalue weighted by molar-refractivity contribution is 7.86. The molecule has 2 rings (SSSR count). The summed E-state index contributed by atoms with van der Waals surface area (Å²) in [7, 11) is -10.1. The Morgan fingerprint density at radius 3 is 0.444 bits per heavy atom. The predicted molar refractivity (Wildman–Crippen MR) is 200 cm³/mol. The zero-order valence-electron chi connectivity index (χ0n) is 24.4. The van der Waals surface area contributed by atoms with E-state index in [9.17, 15) is 0 Å². The first kappa shape index (κ1) is 44.9. The number of hydrogen-bond donors (Lipinski definition) is 0. The quantitative estimate of drug-likeness (QED) is 0.231. The van der Waals surface area contributed by atoms with Crippen molar-refractivity contribution in [1.82, 2.24) is 0 Å². The summed E-state index contributed by atoms with van der Waals surface area (Å²) in [5, 5.41) is 0. The van der Waals surface area contributed by atoms with Crippen LogP contribution >= 0.6 is 57.3 Å². The molecule has 0 aliphatic carbocycles. The molecule has 0 unspecified atom stereocenters. The summed E-state index contributed by atoms with van der Waals surface area (Å²) in [4.78, 5) is 0. The molecule has 7 nitrogen and oxygen atoms in total. The second kappa shape index (κ2) is 14.7. The fourth-order valence-corrected chi connectivity index (χ4v) is 37.1. The van der Waals surface area contributed by atoms with Gasteiger partial charge in [0.1, 0.15) is 0 Å². The lowest BCUT2D eigenvalue weighted by Crippen LogP contribution is -1.82. The average Bonchev–Trinajstić information content (AvgIpc) is 2.20. The maximum atomic E-state index is 4.98. The van der Waals surface area contributed by atoms with Crippen LogP contribution in [0.4, 0.5) is 0 Å². The molecule has 0 bridgehead atoms. The van der Waals surface area contributed by atoms with Gasteiger partial charge in [-0.05, 0) is 113 Å². The topological polar surface area (TPSA) is 86.5 Å². The maximum Gasteiger partial charge on any atom is 0.0750 e. The van der Waals surface area contributed by atoms with Crippen molar-refractivity contribution >= 4 is 63.6 Å². The van der Waals surface area contributed by atoms with Gasteiger partial charge < -0.3 is 0 Å². The van der Waals surface area contributed by atoms with Gasteiger partial charge in [0.05, 0.1) is 50.4 Å². The Bertz CT molecular complexity index is 973. The van der Waals surface area contributed by atoms with E-state index in [1.165, 1.54) is 0 Å². The molecule has 2 heterocycles. The molecule has 15 heteroatoms. The van der Waals surface area contributed by atoms with E-state index in [1.54, 1.807) is 0 Å². The van der Waals surface area contributed by atoms with Gasteiger partial charge >= 0.3 is 0 Å². The predicted octanol–water partition coefficient (Wildman–Crippen LogP) is 12.9. The van der Waals surface area contributed by atoms with Crippen molar-refractivity contribution in [3.8, 4) is 0 Å². The molecule has 0 amide bonds. The molecular formula is C21H65N7P8. The highest BCUT2D eigenvalue weighted by Gasteiger charge is 2.21. The molecule has 2 aliphatic heterocycles. The summed E-state index contributed by atoms with van der Waals surface area (Å²) >= 11 is 0. The molecule has 36 heavy (non-hydrogen) atoms. The van der Waals surface area contributed by atoms with Gasteiger partial charge in [0.2, 0.25) is 0 Å². The highest BCUT2D eigenvalue weighted by Crippen LogP contribution is 2.72. The molecule has 0 N–H and O–H groups in total. The molecule has 0 aromatic heterocycles. The zero-order valence-corrected chi connectivity index (χ0v) is 31.6. The van der Waals surface area contributed by atoms with Crippen molar-refractivity contribution in [2.24, 2.45) is 31.6 Å². The summed E-state index contributed by atoms with van der Waals surface area (Å²) < 4.78 is 34.2. The van der Waals surface area contributed by atoms with Crippen LogP contribution < -0.4 is 0 Å².